The number of carbonyl (C=O) groups excluding carboxylic acids is 1. The van der Waals surface area contributed by atoms with Crippen LogP contribution in [-0.4, -0.2) is 23.9 Å². The summed E-state index contributed by atoms with van der Waals surface area (Å²) in [5.74, 6) is -0.125. The van der Waals surface area contributed by atoms with Crippen molar-refractivity contribution in [3.05, 3.63) is 32.3 Å². The van der Waals surface area contributed by atoms with E-state index < -0.39 is 4.92 Å². The number of carbonyl (C=O) groups is 1. The van der Waals surface area contributed by atoms with Crippen molar-refractivity contribution in [1.29, 1.82) is 0 Å². The van der Waals surface area contributed by atoms with Crippen LogP contribution >= 0.6 is 15.9 Å². The molecule has 6 nitrogen and oxygen atoms in total. The summed E-state index contributed by atoms with van der Waals surface area (Å²) < 4.78 is 0.559. The average molecular weight is 316 g/mol. The number of nitrogens with one attached hydrogen (secondary N) is 2. The van der Waals surface area contributed by atoms with E-state index in [0.29, 0.717) is 22.3 Å². The Bertz CT molecular complexity index is 477. The number of amides is 1. The summed E-state index contributed by atoms with van der Waals surface area (Å²) >= 11 is 3.24. The molecule has 7 heteroatoms. The number of rotatable bonds is 5. The predicted octanol–water partition coefficient (Wildman–Crippen LogP) is 2.21. The molecule has 0 heterocycles. The zero-order valence-corrected chi connectivity index (χ0v) is 11.7. The van der Waals surface area contributed by atoms with Gasteiger partial charge in [-0.2, -0.15) is 0 Å². The van der Waals surface area contributed by atoms with Crippen LogP contribution in [0.1, 0.15) is 12.5 Å². The van der Waals surface area contributed by atoms with Gasteiger partial charge in [0.1, 0.15) is 0 Å². The fourth-order valence-electron chi connectivity index (χ4n) is 1.44. The molecule has 0 aliphatic carbocycles. The van der Waals surface area contributed by atoms with Crippen LogP contribution in [0.2, 0.25) is 0 Å². The maximum absolute atomic E-state index is 11.3. The van der Waals surface area contributed by atoms with Gasteiger partial charge in [0.2, 0.25) is 5.91 Å². The van der Waals surface area contributed by atoms with E-state index in [1.54, 1.807) is 13.0 Å². The van der Waals surface area contributed by atoms with E-state index in [4.69, 9.17) is 0 Å². The van der Waals surface area contributed by atoms with Crippen molar-refractivity contribution in [3.63, 3.8) is 0 Å². The average Bonchev–Trinajstić information content (AvgIpc) is 2.29. The molecule has 0 unspecified atom stereocenters. The largest absolute Gasteiger partial charge is 0.375 e. The first-order valence-corrected chi connectivity index (χ1v) is 6.20. The summed E-state index contributed by atoms with van der Waals surface area (Å²) in [5, 5.41) is 16.3. The Hall–Kier alpha value is -1.63. The topological polar surface area (TPSA) is 84.3 Å². The van der Waals surface area contributed by atoms with Crippen molar-refractivity contribution in [2.45, 2.75) is 13.8 Å². The Kier molecular flexibility index (Phi) is 5.08. The summed E-state index contributed by atoms with van der Waals surface area (Å²) in [7, 11) is 0. The second kappa shape index (κ2) is 6.34. The van der Waals surface area contributed by atoms with Crippen molar-refractivity contribution in [3.8, 4) is 0 Å². The Morgan fingerprint density at radius 1 is 1.50 bits per heavy atom. The molecule has 2 N–H and O–H groups in total. The lowest BCUT2D eigenvalue weighted by molar-refractivity contribution is -0.385. The second-order valence-electron chi connectivity index (χ2n) is 3.68. The first-order valence-electron chi connectivity index (χ1n) is 5.40. The van der Waals surface area contributed by atoms with E-state index in [2.05, 4.69) is 26.6 Å². The molecule has 0 saturated carbocycles. The number of nitrogens with zero attached hydrogens (tertiary/aromatic N) is 1. The lowest BCUT2D eigenvalue weighted by Gasteiger charge is -2.09. The minimum Gasteiger partial charge on any atom is -0.375 e. The number of hydrogen-bond donors (Lipinski definition) is 2. The predicted molar refractivity (Wildman–Crippen MR) is 72.7 cm³/mol. The van der Waals surface area contributed by atoms with Crippen molar-refractivity contribution >= 4 is 33.2 Å². The van der Waals surface area contributed by atoms with Gasteiger partial charge in [0, 0.05) is 28.3 Å². The third-order valence-electron chi connectivity index (χ3n) is 2.30. The molecule has 0 aliphatic heterocycles. The maximum atomic E-state index is 11.3. The highest BCUT2D eigenvalue weighted by Crippen LogP contribution is 2.30. The summed E-state index contributed by atoms with van der Waals surface area (Å²) in [6, 6.07) is 3.07. The number of likely N-dealkylation sites (N-methyl/N-ethyl adjacent to an activating group) is 1. The SMILES string of the molecule is CCNC(=O)CNc1cc(C)c([N+](=O)[O-])cc1Br. The smallest absolute Gasteiger partial charge is 0.273 e. The van der Waals surface area contributed by atoms with Crippen LogP contribution < -0.4 is 10.6 Å². The van der Waals surface area contributed by atoms with Gasteiger partial charge in [0.25, 0.3) is 5.69 Å². The lowest BCUT2D eigenvalue weighted by atomic mass is 10.2. The third kappa shape index (κ3) is 3.69. The molecule has 0 aromatic heterocycles. The molecule has 0 spiro atoms. The van der Waals surface area contributed by atoms with Gasteiger partial charge >= 0.3 is 0 Å². The van der Waals surface area contributed by atoms with Crippen LogP contribution in [0.3, 0.4) is 0 Å². The summed E-state index contributed by atoms with van der Waals surface area (Å²) in [4.78, 5) is 21.6. The van der Waals surface area contributed by atoms with E-state index in [0.717, 1.165) is 0 Å². The van der Waals surface area contributed by atoms with E-state index in [1.165, 1.54) is 6.07 Å². The van der Waals surface area contributed by atoms with E-state index in [-0.39, 0.29) is 18.1 Å². The standard InChI is InChI=1S/C11H14BrN3O3/c1-3-13-11(16)6-14-9-4-7(2)10(15(17)18)5-8(9)12/h4-5,14H,3,6H2,1-2H3,(H,13,16). The molecular formula is C11H14BrN3O3. The Morgan fingerprint density at radius 2 is 2.17 bits per heavy atom. The van der Waals surface area contributed by atoms with Crippen molar-refractivity contribution in [2.75, 3.05) is 18.4 Å². The Labute approximate surface area is 113 Å². The maximum Gasteiger partial charge on any atom is 0.273 e. The number of nitro benzene ring substituents is 1. The minimum atomic E-state index is -0.437. The number of anilines is 1. The van der Waals surface area contributed by atoms with Crippen molar-refractivity contribution in [1.82, 2.24) is 5.32 Å². The van der Waals surface area contributed by atoms with Crippen LogP contribution in [0, 0.1) is 17.0 Å². The molecule has 98 valence electrons. The Balaban J connectivity index is 2.82. The fraction of sp³-hybridized carbons (Fsp3) is 0.364. The van der Waals surface area contributed by atoms with Crippen LogP contribution in [0.4, 0.5) is 11.4 Å². The van der Waals surface area contributed by atoms with Crippen molar-refractivity contribution < 1.29 is 9.72 Å². The quantitative estimate of drug-likeness (QED) is 0.644. The minimum absolute atomic E-state index is 0.0467. The van der Waals surface area contributed by atoms with Gasteiger partial charge in [0.15, 0.2) is 0 Å². The molecule has 18 heavy (non-hydrogen) atoms. The highest BCUT2D eigenvalue weighted by Gasteiger charge is 2.14. The molecular weight excluding hydrogens is 302 g/mol. The molecule has 0 radical (unpaired) electrons. The number of benzene rings is 1. The van der Waals surface area contributed by atoms with E-state index in [9.17, 15) is 14.9 Å². The van der Waals surface area contributed by atoms with Gasteiger partial charge in [-0.3, -0.25) is 14.9 Å². The lowest BCUT2D eigenvalue weighted by Crippen LogP contribution is -2.29. The molecule has 0 fully saturated rings. The van der Waals surface area contributed by atoms with Crippen LogP contribution in [-0.2, 0) is 4.79 Å². The monoisotopic (exact) mass is 315 g/mol. The van der Waals surface area contributed by atoms with Gasteiger partial charge in [-0.05, 0) is 35.8 Å². The van der Waals surface area contributed by atoms with Gasteiger partial charge in [0.05, 0.1) is 11.5 Å². The molecule has 1 rings (SSSR count). The number of aryl methyl sites for hydroxylation is 1. The fourth-order valence-corrected chi connectivity index (χ4v) is 1.91. The summed E-state index contributed by atoms with van der Waals surface area (Å²) in [6.45, 7) is 4.19. The first kappa shape index (κ1) is 14.4. The van der Waals surface area contributed by atoms with E-state index in [1.807, 2.05) is 6.92 Å². The molecule has 0 aliphatic rings. The summed E-state index contributed by atoms with van der Waals surface area (Å²) in [6.07, 6.45) is 0. The summed E-state index contributed by atoms with van der Waals surface area (Å²) in [5.41, 5.74) is 1.25. The molecule has 0 saturated heterocycles. The van der Waals surface area contributed by atoms with Gasteiger partial charge < -0.3 is 10.6 Å². The highest BCUT2D eigenvalue weighted by molar-refractivity contribution is 9.10. The number of nitro groups is 1. The molecule has 0 bridgehead atoms. The first-order chi connectivity index (χ1) is 8.45. The van der Waals surface area contributed by atoms with Crippen LogP contribution in [0.15, 0.2) is 16.6 Å². The highest BCUT2D eigenvalue weighted by atomic mass is 79.9. The zero-order chi connectivity index (χ0) is 13.7. The van der Waals surface area contributed by atoms with Gasteiger partial charge in [-0.25, -0.2) is 0 Å². The molecule has 1 amide bonds. The Morgan fingerprint density at radius 3 is 2.72 bits per heavy atom. The number of halogens is 1. The van der Waals surface area contributed by atoms with Gasteiger partial charge in [-0.15, -0.1) is 0 Å². The third-order valence-corrected chi connectivity index (χ3v) is 2.95. The second-order valence-corrected chi connectivity index (χ2v) is 4.54. The molecule has 0 atom stereocenters. The zero-order valence-electron chi connectivity index (χ0n) is 10.1. The molecule has 1 aromatic carbocycles. The normalized spacial score (nSPS) is 9.94. The van der Waals surface area contributed by atoms with Crippen LogP contribution in [0.5, 0.6) is 0 Å². The van der Waals surface area contributed by atoms with Crippen molar-refractivity contribution in [2.24, 2.45) is 0 Å². The number of hydrogen-bond acceptors (Lipinski definition) is 4. The van der Waals surface area contributed by atoms with Crippen LogP contribution in [0.25, 0.3) is 0 Å². The van der Waals surface area contributed by atoms with Gasteiger partial charge in [-0.1, -0.05) is 0 Å². The van der Waals surface area contributed by atoms with E-state index >= 15 is 0 Å². The molecule has 1 aromatic rings.